The van der Waals surface area contributed by atoms with E-state index in [1.165, 1.54) is 38.1 Å². The molecule has 2 aliphatic heterocycles. The van der Waals surface area contributed by atoms with Gasteiger partial charge in [-0.3, -0.25) is 19.4 Å². The maximum Gasteiger partial charge on any atom is 0.436 e. The van der Waals surface area contributed by atoms with Crippen LogP contribution in [0.4, 0.5) is 50.1 Å². The highest BCUT2D eigenvalue weighted by molar-refractivity contribution is 7.92. The van der Waals surface area contributed by atoms with E-state index >= 15 is 17.6 Å². The van der Waals surface area contributed by atoms with Crippen molar-refractivity contribution in [1.82, 2.24) is 35.0 Å². The van der Waals surface area contributed by atoms with Gasteiger partial charge in [0, 0.05) is 66.8 Å². The Morgan fingerprint density at radius 1 is 0.986 bits per heavy atom. The summed E-state index contributed by atoms with van der Waals surface area (Å²) < 4.78 is 194. The van der Waals surface area contributed by atoms with Gasteiger partial charge >= 0.3 is 34.1 Å². The molecule has 0 unspecified atom stereocenters. The Balaban J connectivity index is 1.20. The first-order chi connectivity index (χ1) is 34.4. The number of urea groups is 1. The molecule has 0 spiro atoms. The molecular weight excluding hydrogens is 1060 g/mol. The van der Waals surface area contributed by atoms with E-state index in [1.54, 1.807) is 0 Å². The van der Waals surface area contributed by atoms with Crippen molar-refractivity contribution in [3.8, 4) is 11.1 Å². The molecule has 2 aliphatic carbocycles. The number of benzene rings is 2. The topological polar surface area (TPSA) is 182 Å². The number of amides is 3. The maximum atomic E-state index is 16.0. The molecule has 74 heavy (non-hydrogen) atoms. The van der Waals surface area contributed by atoms with Gasteiger partial charge in [0.05, 0.1) is 41.0 Å². The van der Waals surface area contributed by atoms with E-state index in [0.29, 0.717) is 38.6 Å². The van der Waals surface area contributed by atoms with Gasteiger partial charge in [-0.25, -0.2) is 22.0 Å². The second-order valence-corrected chi connectivity index (χ2v) is 24.5. The van der Waals surface area contributed by atoms with Crippen LogP contribution < -0.4 is 19.6 Å². The number of carbonyl (C=O) groups is 2. The van der Waals surface area contributed by atoms with Crippen LogP contribution in [-0.2, 0) is 73.5 Å². The third kappa shape index (κ3) is 9.81. The number of morpholine rings is 1. The Morgan fingerprint density at radius 2 is 1.65 bits per heavy atom. The van der Waals surface area contributed by atoms with Crippen molar-refractivity contribution in [1.29, 1.82) is 0 Å². The quantitative estimate of drug-likeness (QED) is 0.0810. The number of nitrogens with zero attached hydrogens (tertiary/aromatic N) is 7. The highest BCUT2D eigenvalue weighted by Crippen LogP contribution is 2.68. The van der Waals surface area contributed by atoms with Crippen LogP contribution >= 0.6 is 11.6 Å². The number of pyridine rings is 1. The summed E-state index contributed by atoms with van der Waals surface area (Å²) in [5.41, 5.74) is -3.89. The summed E-state index contributed by atoms with van der Waals surface area (Å²) in [5.74, 6) is -10.6. The van der Waals surface area contributed by atoms with Crippen LogP contribution in [0.3, 0.4) is 0 Å². The van der Waals surface area contributed by atoms with Gasteiger partial charge in [-0.2, -0.15) is 48.9 Å². The number of aromatic nitrogens is 5. The van der Waals surface area contributed by atoms with E-state index in [2.05, 4.69) is 15.7 Å². The minimum atomic E-state index is -5.17. The van der Waals surface area contributed by atoms with Gasteiger partial charge in [-0.1, -0.05) is 32.7 Å². The predicted molar refractivity (Wildman–Crippen MR) is 249 cm³/mol. The lowest BCUT2D eigenvalue weighted by Crippen LogP contribution is -2.71. The molecule has 5 heterocycles. The molecule has 2 aromatic carbocycles. The lowest BCUT2D eigenvalue weighted by atomic mass is 9.93. The summed E-state index contributed by atoms with van der Waals surface area (Å²) in [6.45, 7) is 2.60. The zero-order valence-electron chi connectivity index (χ0n) is 39.8. The number of rotatable bonds is 16. The second kappa shape index (κ2) is 18.6. The van der Waals surface area contributed by atoms with Crippen molar-refractivity contribution in [3.05, 3.63) is 93.0 Å². The Kier molecular flexibility index (Phi) is 13.4. The summed E-state index contributed by atoms with van der Waals surface area (Å²) >= 11 is 6.80. The van der Waals surface area contributed by atoms with Crippen molar-refractivity contribution in [3.63, 3.8) is 0 Å². The number of anilines is 1. The van der Waals surface area contributed by atoms with Gasteiger partial charge in [0.2, 0.25) is 5.91 Å². The molecule has 4 aliphatic rings. The van der Waals surface area contributed by atoms with Crippen LogP contribution in [0, 0.1) is 17.6 Å². The van der Waals surface area contributed by atoms with Crippen LogP contribution in [-0.4, -0.2) is 110 Å². The number of carbonyl (C=O) groups excluding carboxylic acids is 2. The molecule has 3 atom stereocenters. The van der Waals surface area contributed by atoms with Crippen LogP contribution in [0.25, 0.3) is 22.0 Å². The highest BCUT2D eigenvalue weighted by Gasteiger charge is 2.68. The molecule has 1 saturated carbocycles. The number of hydrogen-bond acceptors (Lipinski definition) is 10. The normalized spacial score (nSPS) is 19.6. The average Bonchev–Trinajstić information content (AvgIpc) is 3.84. The monoisotopic (exact) mass is 1110 g/mol. The molecule has 1 saturated heterocycles. The number of sulfonamides is 1. The molecule has 0 bridgehead atoms. The fourth-order valence-corrected chi connectivity index (χ4v) is 11.5. The zero-order valence-corrected chi connectivity index (χ0v) is 42.2. The van der Waals surface area contributed by atoms with E-state index < -0.39 is 126 Å². The average molecular weight is 1110 g/mol. The number of ether oxygens (including phenoxy) is 1. The standard InChI is InChI=1S/C46H47ClF9N9O7S2/c1-43(2,73(3,68)69)10-9-27-5-6-28(29-7-8-32(47)36-38(29)63-23-44(50,51)65(63)41(36)64(74(4,70)71)42(67)57-11-12-61-13-15-72-16-14-61)37(58-27)33(19-24-17-25(48)20-26(49)18-24)59-34(66)22-62-40-35(39(60-62)46(54,55)56)30-21-31(30)45(40,52)53/h5-8,17-18,20,30-31,33H,9-16,19,21-23H2,1-4H3,(H-,57,59,66,67)/p+1/t30-,31+,33-/m0/s1. The van der Waals surface area contributed by atoms with Crippen LogP contribution in [0.2, 0.25) is 5.02 Å². The number of sulfone groups is 1. The molecule has 0 radical (unpaired) electrons. The molecule has 9 rings (SSSR count). The zero-order chi connectivity index (χ0) is 53.8. The maximum absolute atomic E-state index is 16.0. The molecule has 2 N–H and O–H groups in total. The first-order valence-corrected chi connectivity index (χ1v) is 27.2. The summed E-state index contributed by atoms with van der Waals surface area (Å²) in [5, 5.41) is 7.80. The summed E-state index contributed by atoms with van der Waals surface area (Å²) in [7, 11) is -8.45. The lowest BCUT2D eigenvalue weighted by molar-refractivity contribution is -0.927. The number of halogens is 10. The van der Waals surface area contributed by atoms with Crippen molar-refractivity contribution in [2.45, 2.75) is 87.5 Å². The van der Waals surface area contributed by atoms with Gasteiger partial charge in [0.1, 0.15) is 34.8 Å². The van der Waals surface area contributed by atoms with Crippen LogP contribution in [0.5, 0.6) is 0 Å². The van der Waals surface area contributed by atoms with Crippen LogP contribution in [0.15, 0.2) is 42.5 Å². The molecule has 3 aromatic heterocycles. The smallest absolute Gasteiger partial charge is 0.379 e. The minimum absolute atomic E-state index is 0.0464. The number of aryl methyl sites for hydroxylation is 1. The summed E-state index contributed by atoms with van der Waals surface area (Å²) in [6.07, 6.45) is -4.45. The van der Waals surface area contributed by atoms with E-state index in [1.807, 2.05) is 4.90 Å². The molecule has 16 nitrogen and oxygen atoms in total. The minimum Gasteiger partial charge on any atom is -0.379 e. The van der Waals surface area contributed by atoms with Crippen molar-refractivity contribution in [2.24, 2.45) is 5.92 Å². The fraction of sp³-hybridized carbons (Fsp3) is 0.500. The van der Waals surface area contributed by atoms with E-state index in [0.717, 1.165) is 23.1 Å². The molecule has 2 fully saturated rings. The molecular formula is C46H48ClF9N9O7S2+. The van der Waals surface area contributed by atoms with E-state index in [9.17, 15) is 48.4 Å². The SMILES string of the molecule is CC(C)(CCc1ccc(-c2ccc(Cl)c3c(N(C(=O)NCCN4CCOCC4)S(C)(=O)=O)[n+]4n(c23)CC4(F)F)c([C@H](Cc2cc(F)cc(F)c2)NC(=O)Cn2nc(C(F)(F)F)c3c2C(F)(F)[C@@H]2C[C@H]32)n1)S(C)(=O)=O. The van der Waals surface area contributed by atoms with Gasteiger partial charge in [-0.05, 0) is 75.3 Å². The van der Waals surface area contributed by atoms with Crippen molar-refractivity contribution >= 4 is 60.1 Å². The third-order valence-electron chi connectivity index (χ3n) is 14.0. The Labute approximate surface area is 422 Å². The Hall–Kier alpha value is -5.51. The first-order valence-electron chi connectivity index (χ1n) is 23.1. The fourth-order valence-electron chi connectivity index (χ4n) is 9.96. The second-order valence-electron chi connectivity index (χ2n) is 19.6. The van der Waals surface area contributed by atoms with Gasteiger partial charge in [0.15, 0.2) is 22.1 Å². The number of nitrogens with one attached hydrogen (secondary N) is 2. The summed E-state index contributed by atoms with van der Waals surface area (Å²) in [6, 6.07) is 0.970. The molecule has 5 aromatic rings. The number of alkyl halides is 7. The van der Waals surface area contributed by atoms with Gasteiger partial charge in [0.25, 0.3) is 5.92 Å². The number of fused-ring (bicyclic) bond motifs is 6. The molecule has 28 heteroatoms. The molecule has 3 amide bonds. The predicted octanol–water partition coefficient (Wildman–Crippen LogP) is 6.57. The van der Waals surface area contributed by atoms with Crippen molar-refractivity contribution in [2.75, 3.05) is 56.2 Å². The van der Waals surface area contributed by atoms with Crippen molar-refractivity contribution < 1.29 is 75.4 Å². The highest BCUT2D eigenvalue weighted by atomic mass is 35.5. The number of hydrogen-bond donors (Lipinski definition) is 2. The van der Waals surface area contributed by atoms with Gasteiger partial charge in [-0.15, -0.1) is 0 Å². The third-order valence-corrected chi connectivity index (χ3v) is 17.5. The largest absolute Gasteiger partial charge is 0.436 e. The lowest BCUT2D eigenvalue weighted by Gasteiger charge is -2.28. The molecule has 400 valence electrons. The first kappa shape index (κ1) is 53.3. The van der Waals surface area contributed by atoms with Gasteiger partial charge < -0.3 is 15.4 Å². The Bertz CT molecular complexity index is 3330. The summed E-state index contributed by atoms with van der Waals surface area (Å²) in [4.78, 5) is 35.0. The van der Waals surface area contributed by atoms with Crippen LogP contribution in [0.1, 0.15) is 72.6 Å². The Morgan fingerprint density at radius 3 is 2.27 bits per heavy atom. The van der Waals surface area contributed by atoms with E-state index in [4.69, 9.17) is 21.3 Å². The van der Waals surface area contributed by atoms with E-state index in [-0.39, 0.29) is 90.0 Å².